The molecule has 0 saturated carbocycles. The smallest absolute Gasteiger partial charge is 0.227 e. The van der Waals surface area contributed by atoms with E-state index in [-0.39, 0.29) is 11.8 Å². The van der Waals surface area contributed by atoms with Crippen LogP contribution in [0, 0.1) is 11.8 Å². The Labute approximate surface area is 66.7 Å². The molecule has 2 heteroatoms. The molecule has 0 aromatic rings. The van der Waals surface area contributed by atoms with E-state index in [1.165, 1.54) is 12.0 Å². The van der Waals surface area contributed by atoms with Crippen LogP contribution in [0.2, 0.25) is 0 Å². The second-order valence-corrected chi connectivity index (χ2v) is 3.51. The first-order valence-corrected chi connectivity index (χ1v) is 4.23. The summed E-state index contributed by atoms with van der Waals surface area (Å²) in [5.41, 5.74) is 1.27. The molecule has 1 N–H and O–H groups in total. The SMILES string of the molecule is CC1=CCCC2CNC(=O)C12. The lowest BCUT2D eigenvalue weighted by Crippen LogP contribution is -2.22. The summed E-state index contributed by atoms with van der Waals surface area (Å²) >= 11 is 0. The molecule has 1 amide bonds. The zero-order valence-corrected chi connectivity index (χ0v) is 6.76. The van der Waals surface area contributed by atoms with Gasteiger partial charge in [0.05, 0.1) is 5.92 Å². The average Bonchev–Trinajstić information content (AvgIpc) is 2.34. The van der Waals surface area contributed by atoms with Crippen molar-refractivity contribution >= 4 is 5.91 Å². The average molecular weight is 151 g/mol. The minimum absolute atomic E-state index is 0.212. The number of carbonyl (C=O) groups is 1. The van der Waals surface area contributed by atoms with E-state index in [1.54, 1.807) is 0 Å². The first-order valence-electron chi connectivity index (χ1n) is 4.23. The van der Waals surface area contributed by atoms with E-state index < -0.39 is 0 Å². The number of allylic oxidation sites excluding steroid dienone is 1. The summed E-state index contributed by atoms with van der Waals surface area (Å²) in [7, 11) is 0. The molecule has 2 aliphatic rings. The molecular formula is C9H13NO. The van der Waals surface area contributed by atoms with Crippen LogP contribution in [0.15, 0.2) is 11.6 Å². The molecule has 60 valence electrons. The third-order valence-corrected chi connectivity index (χ3v) is 2.79. The number of fused-ring (bicyclic) bond motifs is 1. The normalized spacial score (nSPS) is 36.1. The van der Waals surface area contributed by atoms with Gasteiger partial charge in [-0.25, -0.2) is 0 Å². The number of hydrogen-bond donors (Lipinski definition) is 1. The van der Waals surface area contributed by atoms with Crippen molar-refractivity contribution in [2.24, 2.45) is 11.8 Å². The predicted molar refractivity (Wildman–Crippen MR) is 43.0 cm³/mol. The minimum Gasteiger partial charge on any atom is -0.355 e. The first kappa shape index (κ1) is 6.89. The van der Waals surface area contributed by atoms with Gasteiger partial charge in [-0.1, -0.05) is 11.6 Å². The summed E-state index contributed by atoms with van der Waals surface area (Å²) < 4.78 is 0. The highest BCUT2D eigenvalue weighted by Crippen LogP contribution is 2.33. The van der Waals surface area contributed by atoms with Gasteiger partial charge in [0.2, 0.25) is 5.91 Å². The van der Waals surface area contributed by atoms with Gasteiger partial charge >= 0.3 is 0 Å². The van der Waals surface area contributed by atoms with Crippen LogP contribution < -0.4 is 5.32 Å². The Balaban J connectivity index is 2.27. The molecule has 0 radical (unpaired) electrons. The fourth-order valence-corrected chi connectivity index (χ4v) is 2.17. The molecule has 0 spiro atoms. The molecule has 2 unspecified atom stereocenters. The maximum absolute atomic E-state index is 11.3. The van der Waals surface area contributed by atoms with Gasteiger partial charge in [0.1, 0.15) is 0 Å². The van der Waals surface area contributed by atoms with Gasteiger partial charge in [-0.15, -0.1) is 0 Å². The zero-order chi connectivity index (χ0) is 7.84. The van der Waals surface area contributed by atoms with E-state index in [1.807, 2.05) is 0 Å². The fourth-order valence-electron chi connectivity index (χ4n) is 2.17. The van der Waals surface area contributed by atoms with Crippen molar-refractivity contribution in [2.75, 3.05) is 6.54 Å². The quantitative estimate of drug-likeness (QED) is 0.516. The van der Waals surface area contributed by atoms with Crippen molar-refractivity contribution in [2.45, 2.75) is 19.8 Å². The fraction of sp³-hybridized carbons (Fsp3) is 0.667. The summed E-state index contributed by atoms with van der Waals surface area (Å²) in [5.74, 6) is 1.04. The van der Waals surface area contributed by atoms with Crippen molar-refractivity contribution in [1.29, 1.82) is 0 Å². The lowest BCUT2D eigenvalue weighted by Gasteiger charge is -2.21. The van der Waals surface area contributed by atoms with Gasteiger partial charge in [0.15, 0.2) is 0 Å². The maximum Gasteiger partial charge on any atom is 0.227 e. The molecule has 2 rings (SSSR count). The topological polar surface area (TPSA) is 29.1 Å². The van der Waals surface area contributed by atoms with Crippen molar-refractivity contribution in [1.82, 2.24) is 5.32 Å². The van der Waals surface area contributed by atoms with Crippen LogP contribution in [0.1, 0.15) is 19.8 Å². The Morgan fingerprint density at radius 1 is 1.64 bits per heavy atom. The van der Waals surface area contributed by atoms with Crippen molar-refractivity contribution in [3.05, 3.63) is 11.6 Å². The Morgan fingerprint density at radius 3 is 3.18 bits per heavy atom. The third-order valence-electron chi connectivity index (χ3n) is 2.79. The van der Waals surface area contributed by atoms with Gasteiger partial charge in [0, 0.05) is 6.54 Å². The number of hydrogen-bond acceptors (Lipinski definition) is 1. The molecule has 2 atom stereocenters. The van der Waals surface area contributed by atoms with Crippen LogP contribution in [-0.4, -0.2) is 12.5 Å². The van der Waals surface area contributed by atoms with E-state index in [0.717, 1.165) is 13.0 Å². The highest BCUT2D eigenvalue weighted by atomic mass is 16.2. The molecule has 2 nitrogen and oxygen atoms in total. The maximum atomic E-state index is 11.3. The molecule has 1 aliphatic carbocycles. The van der Waals surface area contributed by atoms with Gasteiger partial charge in [0.25, 0.3) is 0 Å². The molecule has 0 aromatic heterocycles. The van der Waals surface area contributed by atoms with Crippen molar-refractivity contribution in [3.8, 4) is 0 Å². The molecule has 1 heterocycles. The molecule has 0 bridgehead atoms. The standard InChI is InChI=1S/C9H13NO/c1-6-3-2-4-7-5-10-9(11)8(6)7/h3,7-8H,2,4-5H2,1H3,(H,10,11). The van der Waals surface area contributed by atoms with E-state index in [9.17, 15) is 4.79 Å². The molecule has 1 aliphatic heterocycles. The third kappa shape index (κ3) is 0.971. The number of amides is 1. The number of nitrogens with one attached hydrogen (secondary N) is 1. The van der Waals surface area contributed by atoms with E-state index in [4.69, 9.17) is 0 Å². The number of carbonyl (C=O) groups excluding carboxylic acids is 1. The van der Waals surface area contributed by atoms with Crippen LogP contribution in [-0.2, 0) is 4.79 Å². The first-order chi connectivity index (χ1) is 5.29. The summed E-state index contributed by atoms with van der Waals surface area (Å²) in [4.78, 5) is 11.3. The highest BCUT2D eigenvalue weighted by molar-refractivity contribution is 5.84. The zero-order valence-electron chi connectivity index (χ0n) is 6.76. The lowest BCUT2D eigenvalue weighted by atomic mass is 9.81. The van der Waals surface area contributed by atoms with E-state index in [0.29, 0.717) is 5.92 Å². The van der Waals surface area contributed by atoms with E-state index in [2.05, 4.69) is 18.3 Å². The summed E-state index contributed by atoms with van der Waals surface area (Å²) in [6.07, 6.45) is 4.54. The van der Waals surface area contributed by atoms with Crippen molar-refractivity contribution in [3.63, 3.8) is 0 Å². The summed E-state index contributed by atoms with van der Waals surface area (Å²) in [6, 6.07) is 0. The van der Waals surface area contributed by atoms with Gasteiger partial charge in [-0.05, 0) is 25.7 Å². The molecule has 1 saturated heterocycles. The Kier molecular flexibility index (Phi) is 1.48. The van der Waals surface area contributed by atoms with E-state index >= 15 is 0 Å². The lowest BCUT2D eigenvalue weighted by molar-refractivity contribution is -0.122. The largest absolute Gasteiger partial charge is 0.355 e. The molecular weight excluding hydrogens is 138 g/mol. The minimum atomic E-state index is 0.212. The number of rotatable bonds is 0. The van der Waals surface area contributed by atoms with Crippen molar-refractivity contribution < 1.29 is 4.79 Å². The Hall–Kier alpha value is -0.790. The van der Waals surface area contributed by atoms with Crippen LogP contribution in [0.5, 0.6) is 0 Å². The highest BCUT2D eigenvalue weighted by Gasteiger charge is 2.36. The van der Waals surface area contributed by atoms with Gasteiger partial charge in [-0.2, -0.15) is 0 Å². The van der Waals surface area contributed by atoms with Crippen LogP contribution in [0.25, 0.3) is 0 Å². The monoisotopic (exact) mass is 151 g/mol. The molecule has 0 aromatic carbocycles. The van der Waals surface area contributed by atoms with Crippen LogP contribution >= 0.6 is 0 Å². The predicted octanol–water partition coefficient (Wildman–Crippen LogP) is 1.09. The van der Waals surface area contributed by atoms with Gasteiger partial charge in [-0.3, -0.25) is 4.79 Å². The summed E-state index contributed by atoms with van der Waals surface area (Å²) in [5, 5.41) is 2.91. The second kappa shape index (κ2) is 2.36. The second-order valence-electron chi connectivity index (χ2n) is 3.51. The molecule has 11 heavy (non-hydrogen) atoms. The Morgan fingerprint density at radius 2 is 2.45 bits per heavy atom. The van der Waals surface area contributed by atoms with Gasteiger partial charge < -0.3 is 5.32 Å². The summed E-state index contributed by atoms with van der Waals surface area (Å²) in [6.45, 7) is 2.97. The van der Waals surface area contributed by atoms with Crippen LogP contribution in [0.3, 0.4) is 0 Å². The van der Waals surface area contributed by atoms with Crippen LogP contribution in [0.4, 0.5) is 0 Å². The molecule has 1 fully saturated rings. The Bertz CT molecular complexity index is 220.